The first kappa shape index (κ1) is 12.2. The molecule has 1 aliphatic carbocycles. The van der Waals surface area contributed by atoms with Crippen molar-refractivity contribution in [2.45, 2.75) is 38.3 Å². The van der Waals surface area contributed by atoms with Crippen molar-refractivity contribution in [3.05, 3.63) is 48.0 Å². The van der Waals surface area contributed by atoms with Crippen molar-refractivity contribution in [2.75, 3.05) is 5.32 Å². The lowest BCUT2D eigenvalue weighted by Crippen LogP contribution is -2.07. The Morgan fingerprint density at radius 3 is 2.63 bits per heavy atom. The van der Waals surface area contributed by atoms with Gasteiger partial charge in [-0.15, -0.1) is 0 Å². The molecule has 1 aromatic carbocycles. The Labute approximate surface area is 112 Å². The van der Waals surface area contributed by atoms with Crippen LogP contribution in [0.25, 0.3) is 0 Å². The maximum Gasteiger partial charge on any atom is 0.123 e. The quantitative estimate of drug-likeness (QED) is 0.906. The van der Waals surface area contributed by atoms with Crippen LogP contribution in [-0.4, -0.2) is 9.78 Å². The van der Waals surface area contributed by atoms with Crippen molar-refractivity contribution in [2.24, 2.45) is 0 Å². The van der Waals surface area contributed by atoms with Gasteiger partial charge in [-0.25, -0.2) is 4.39 Å². The number of nitrogens with zero attached hydrogens (tertiary/aromatic N) is 2. The highest BCUT2D eigenvalue weighted by molar-refractivity contribution is 5.42. The van der Waals surface area contributed by atoms with E-state index in [1.807, 2.05) is 0 Å². The zero-order valence-corrected chi connectivity index (χ0v) is 10.8. The average molecular weight is 259 g/mol. The van der Waals surface area contributed by atoms with E-state index in [-0.39, 0.29) is 5.82 Å². The fourth-order valence-corrected chi connectivity index (χ4v) is 2.60. The van der Waals surface area contributed by atoms with Crippen molar-refractivity contribution in [3.8, 4) is 0 Å². The molecule has 0 bridgehead atoms. The van der Waals surface area contributed by atoms with E-state index in [1.54, 1.807) is 12.1 Å². The van der Waals surface area contributed by atoms with Gasteiger partial charge >= 0.3 is 0 Å². The van der Waals surface area contributed by atoms with Crippen LogP contribution in [0.5, 0.6) is 0 Å². The van der Waals surface area contributed by atoms with Crippen LogP contribution < -0.4 is 5.32 Å². The van der Waals surface area contributed by atoms with E-state index in [9.17, 15) is 4.39 Å². The predicted molar refractivity (Wildman–Crippen MR) is 73.5 cm³/mol. The third kappa shape index (κ3) is 2.95. The van der Waals surface area contributed by atoms with E-state index in [4.69, 9.17) is 0 Å². The van der Waals surface area contributed by atoms with Gasteiger partial charge in [0.2, 0.25) is 0 Å². The highest BCUT2D eigenvalue weighted by Crippen LogP contribution is 2.28. The van der Waals surface area contributed by atoms with Crippen LogP contribution >= 0.6 is 0 Å². The summed E-state index contributed by atoms with van der Waals surface area (Å²) in [6, 6.07) is 9.03. The van der Waals surface area contributed by atoms with Gasteiger partial charge in [0, 0.05) is 11.9 Å². The minimum atomic E-state index is -0.212. The van der Waals surface area contributed by atoms with Gasteiger partial charge in [-0.2, -0.15) is 5.10 Å². The van der Waals surface area contributed by atoms with Crippen molar-refractivity contribution >= 4 is 5.69 Å². The summed E-state index contributed by atoms with van der Waals surface area (Å²) in [7, 11) is 0. The molecule has 1 saturated carbocycles. The molecule has 1 fully saturated rings. The Morgan fingerprint density at radius 2 is 1.89 bits per heavy atom. The van der Waals surface area contributed by atoms with Gasteiger partial charge in [0.1, 0.15) is 5.82 Å². The van der Waals surface area contributed by atoms with Crippen LogP contribution in [0.4, 0.5) is 10.1 Å². The number of aromatic nitrogens is 2. The Bertz CT molecular complexity index is 527. The molecular weight excluding hydrogens is 241 g/mol. The summed E-state index contributed by atoms with van der Waals surface area (Å²) in [5.41, 5.74) is 1.94. The van der Waals surface area contributed by atoms with Crippen LogP contribution in [0.15, 0.2) is 36.5 Å². The molecule has 0 saturated heterocycles. The summed E-state index contributed by atoms with van der Waals surface area (Å²) in [5.74, 6) is -0.212. The largest absolute Gasteiger partial charge is 0.379 e. The molecule has 0 atom stereocenters. The smallest absolute Gasteiger partial charge is 0.123 e. The zero-order valence-electron chi connectivity index (χ0n) is 10.8. The van der Waals surface area contributed by atoms with Gasteiger partial charge in [-0.3, -0.25) is 4.68 Å². The first-order valence-electron chi connectivity index (χ1n) is 6.85. The molecule has 0 aliphatic heterocycles. The lowest BCUT2D eigenvalue weighted by Gasteiger charge is -2.09. The van der Waals surface area contributed by atoms with Gasteiger partial charge in [-0.1, -0.05) is 12.8 Å². The van der Waals surface area contributed by atoms with Gasteiger partial charge in [-0.05, 0) is 43.2 Å². The highest BCUT2D eigenvalue weighted by Gasteiger charge is 2.17. The maximum absolute atomic E-state index is 12.8. The fourth-order valence-electron chi connectivity index (χ4n) is 2.60. The van der Waals surface area contributed by atoms with E-state index in [0.717, 1.165) is 11.4 Å². The summed E-state index contributed by atoms with van der Waals surface area (Å²) in [6.07, 6.45) is 7.18. The van der Waals surface area contributed by atoms with Crippen molar-refractivity contribution < 1.29 is 4.39 Å². The molecule has 1 aliphatic rings. The second-order valence-electron chi connectivity index (χ2n) is 5.09. The number of hydrogen-bond acceptors (Lipinski definition) is 2. The summed E-state index contributed by atoms with van der Waals surface area (Å²) in [6.45, 7) is 0.672. The molecule has 1 N–H and O–H groups in total. The van der Waals surface area contributed by atoms with E-state index in [1.165, 1.54) is 37.8 Å². The van der Waals surface area contributed by atoms with Crippen LogP contribution in [0.3, 0.4) is 0 Å². The average Bonchev–Trinajstić information content (AvgIpc) is 3.09. The molecule has 4 heteroatoms. The molecule has 0 unspecified atom stereocenters. The summed E-state index contributed by atoms with van der Waals surface area (Å²) >= 11 is 0. The molecule has 0 spiro atoms. The molecule has 0 amide bonds. The van der Waals surface area contributed by atoms with E-state index in [2.05, 4.69) is 27.4 Å². The zero-order chi connectivity index (χ0) is 13.1. The molecule has 2 aromatic rings. The SMILES string of the molecule is Fc1ccc(NCc2ccn(C3CCCC3)n2)cc1. The van der Waals surface area contributed by atoms with E-state index < -0.39 is 0 Å². The monoisotopic (exact) mass is 259 g/mol. The molecule has 1 heterocycles. The van der Waals surface area contributed by atoms with Crippen molar-refractivity contribution in [1.82, 2.24) is 9.78 Å². The van der Waals surface area contributed by atoms with Crippen LogP contribution in [-0.2, 0) is 6.54 Å². The third-order valence-corrected chi connectivity index (χ3v) is 3.68. The minimum absolute atomic E-state index is 0.212. The minimum Gasteiger partial charge on any atom is -0.379 e. The van der Waals surface area contributed by atoms with Crippen molar-refractivity contribution in [1.29, 1.82) is 0 Å². The summed E-state index contributed by atoms with van der Waals surface area (Å²) in [4.78, 5) is 0. The molecule has 19 heavy (non-hydrogen) atoms. The second-order valence-corrected chi connectivity index (χ2v) is 5.09. The Morgan fingerprint density at radius 1 is 1.16 bits per heavy atom. The van der Waals surface area contributed by atoms with E-state index in [0.29, 0.717) is 12.6 Å². The number of benzene rings is 1. The van der Waals surface area contributed by atoms with Crippen LogP contribution in [0, 0.1) is 5.82 Å². The van der Waals surface area contributed by atoms with E-state index >= 15 is 0 Å². The van der Waals surface area contributed by atoms with Gasteiger partial charge in [0.25, 0.3) is 0 Å². The number of anilines is 1. The number of halogens is 1. The van der Waals surface area contributed by atoms with Gasteiger partial charge in [0.05, 0.1) is 18.3 Å². The first-order valence-corrected chi connectivity index (χ1v) is 6.85. The molecule has 100 valence electrons. The molecular formula is C15H18FN3. The fraction of sp³-hybridized carbons (Fsp3) is 0.400. The Kier molecular flexibility index (Phi) is 3.49. The molecule has 3 nitrogen and oxygen atoms in total. The standard InChI is InChI=1S/C15H18FN3/c16-12-5-7-13(8-6-12)17-11-14-9-10-19(18-14)15-3-1-2-4-15/h5-10,15,17H,1-4,11H2. The lowest BCUT2D eigenvalue weighted by molar-refractivity contribution is 0.463. The molecule has 3 rings (SSSR count). The Balaban J connectivity index is 1.59. The second kappa shape index (κ2) is 5.43. The number of hydrogen-bond donors (Lipinski definition) is 1. The maximum atomic E-state index is 12.8. The van der Waals surface area contributed by atoms with Crippen molar-refractivity contribution in [3.63, 3.8) is 0 Å². The lowest BCUT2D eigenvalue weighted by atomic mass is 10.3. The van der Waals surface area contributed by atoms with Gasteiger partial charge in [0.15, 0.2) is 0 Å². The first-order chi connectivity index (χ1) is 9.31. The van der Waals surface area contributed by atoms with Crippen LogP contribution in [0.2, 0.25) is 0 Å². The normalized spacial score (nSPS) is 15.8. The number of nitrogens with one attached hydrogen (secondary N) is 1. The van der Waals surface area contributed by atoms with Gasteiger partial charge < -0.3 is 5.32 Å². The summed E-state index contributed by atoms with van der Waals surface area (Å²) in [5, 5.41) is 7.85. The molecule has 0 radical (unpaired) electrons. The topological polar surface area (TPSA) is 29.9 Å². The Hall–Kier alpha value is -1.84. The third-order valence-electron chi connectivity index (χ3n) is 3.68. The van der Waals surface area contributed by atoms with Crippen LogP contribution in [0.1, 0.15) is 37.4 Å². The molecule has 1 aromatic heterocycles. The number of rotatable bonds is 4. The predicted octanol–water partition coefficient (Wildman–Crippen LogP) is 3.75. The summed E-state index contributed by atoms with van der Waals surface area (Å²) < 4.78 is 14.9. The highest BCUT2D eigenvalue weighted by atomic mass is 19.1.